The third kappa shape index (κ3) is 4.24. The average molecular weight is 291 g/mol. The van der Waals surface area contributed by atoms with E-state index in [2.05, 4.69) is 22.5 Å². The molecule has 0 saturated carbocycles. The highest BCUT2D eigenvalue weighted by Crippen LogP contribution is 2.24. The number of anilines is 2. The smallest absolute Gasteiger partial charge is 0.325 e. The standard InChI is InChI=1S/C14H17N3O2S/c1-2-3-9-19-12-7-5-4-6-11(12)16-13(18)17-14-15-8-10-20-14/h4-8,10H,2-3,9H2,1H3,(H2,15,16,17,18). The van der Waals surface area contributed by atoms with Crippen LogP contribution >= 0.6 is 11.3 Å². The minimum atomic E-state index is -0.327. The largest absolute Gasteiger partial charge is 0.491 e. The van der Waals surface area contributed by atoms with E-state index in [-0.39, 0.29) is 6.03 Å². The number of unbranched alkanes of at least 4 members (excludes halogenated alkanes) is 1. The molecule has 1 aromatic carbocycles. The molecule has 106 valence electrons. The first-order valence-corrected chi connectivity index (χ1v) is 7.37. The molecule has 5 nitrogen and oxygen atoms in total. The molecule has 0 spiro atoms. The lowest BCUT2D eigenvalue weighted by atomic mass is 10.3. The summed E-state index contributed by atoms with van der Waals surface area (Å²) >= 11 is 1.37. The number of amides is 2. The van der Waals surface area contributed by atoms with Crippen molar-refractivity contribution in [3.8, 4) is 5.75 Å². The number of thiazole rings is 1. The summed E-state index contributed by atoms with van der Waals surface area (Å²) in [7, 11) is 0. The Morgan fingerprint density at radius 2 is 2.20 bits per heavy atom. The maximum absolute atomic E-state index is 11.9. The Balaban J connectivity index is 1.95. The molecule has 2 amide bonds. The molecule has 0 atom stereocenters. The maximum Gasteiger partial charge on any atom is 0.325 e. The molecule has 2 rings (SSSR count). The SMILES string of the molecule is CCCCOc1ccccc1NC(=O)Nc1nccs1. The molecule has 20 heavy (non-hydrogen) atoms. The molecule has 1 heterocycles. The third-order valence-electron chi connectivity index (χ3n) is 2.54. The number of hydrogen-bond acceptors (Lipinski definition) is 4. The van der Waals surface area contributed by atoms with Crippen molar-refractivity contribution in [2.75, 3.05) is 17.2 Å². The fraction of sp³-hybridized carbons (Fsp3) is 0.286. The van der Waals surface area contributed by atoms with Crippen molar-refractivity contribution in [1.29, 1.82) is 0 Å². The molecule has 0 radical (unpaired) electrons. The Hall–Kier alpha value is -2.08. The molecule has 0 aliphatic carbocycles. The third-order valence-corrected chi connectivity index (χ3v) is 3.23. The Morgan fingerprint density at radius 1 is 1.35 bits per heavy atom. The molecule has 2 N–H and O–H groups in total. The molecule has 0 aliphatic heterocycles. The lowest BCUT2D eigenvalue weighted by Crippen LogP contribution is -2.19. The van der Waals surface area contributed by atoms with Crippen LogP contribution in [0.4, 0.5) is 15.6 Å². The predicted molar refractivity (Wildman–Crippen MR) is 81.6 cm³/mol. The second kappa shape index (κ2) is 7.49. The number of benzene rings is 1. The van der Waals surface area contributed by atoms with Gasteiger partial charge in [0.25, 0.3) is 0 Å². The van der Waals surface area contributed by atoms with Gasteiger partial charge in [-0.2, -0.15) is 0 Å². The highest BCUT2D eigenvalue weighted by atomic mass is 32.1. The molecule has 1 aromatic heterocycles. The van der Waals surface area contributed by atoms with Crippen molar-refractivity contribution in [2.45, 2.75) is 19.8 Å². The molecule has 6 heteroatoms. The summed E-state index contributed by atoms with van der Waals surface area (Å²) in [5.74, 6) is 0.676. The van der Waals surface area contributed by atoms with E-state index in [0.29, 0.717) is 23.2 Å². The summed E-state index contributed by atoms with van der Waals surface area (Å²) < 4.78 is 5.66. The van der Waals surface area contributed by atoms with E-state index in [9.17, 15) is 4.79 Å². The quantitative estimate of drug-likeness (QED) is 0.792. The van der Waals surface area contributed by atoms with Crippen molar-refractivity contribution < 1.29 is 9.53 Å². The van der Waals surface area contributed by atoms with E-state index in [4.69, 9.17) is 4.74 Å². The number of nitrogens with zero attached hydrogens (tertiary/aromatic N) is 1. The zero-order valence-electron chi connectivity index (χ0n) is 11.3. The van der Waals surface area contributed by atoms with Gasteiger partial charge in [-0.05, 0) is 18.6 Å². The van der Waals surface area contributed by atoms with E-state index >= 15 is 0 Å². The van der Waals surface area contributed by atoms with Crippen LogP contribution in [0.5, 0.6) is 5.75 Å². The van der Waals surface area contributed by atoms with Gasteiger partial charge in [0.15, 0.2) is 5.13 Å². The predicted octanol–water partition coefficient (Wildman–Crippen LogP) is 3.97. The van der Waals surface area contributed by atoms with E-state index in [1.165, 1.54) is 11.3 Å². The molecule has 0 saturated heterocycles. The van der Waals surface area contributed by atoms with Gasteiger partial charge in [-0.25, -0.2) is 9.78 Å². The number of aromatic nitrogens is 1. The van der Waals surface area contributed by atoms with Gasteiger partial charge >= 0.3 is 6.03 Å². The minimum absolute atomic E-state index is 0.327. The Bertz CT molecular complexity index is 543. The zero-order chi connectivity index (χ0) is 14.2. The molecular formula is C14H17N3O2S. The van der Waals surface area contributed by atoms with Crippen LogP contribution in [0.1, 0.15) is 19.8 Å². The number of carbonyl (C=O) groups excluding carboxylic acids is 1. The first-order valence-electron chi connectivity index (χ1n) is 6.49. The van der Waals surface area contributed by atoms with Crippen LogP contribution in [0.25, 0.3) is 0 Å². The summed E-state index contributed by atoms with van der Waals surface area (Å²) in [6.45, 7) is 2.75. The minimum Gasteiger partial charge on any atom is -0.491 e. The fourth-order valence-corrected chi connectivity index (χ4v) is 2.08. The van der Waals surface area contributed by atoms with Crippen LogP contribution in [0.3, 0.4) is 0 Å². The van der Waals surface area contributed by atoms with Gasteiger partial charge in [0.05, 0.1) is 12.3 Å². The number of hydrogen-bond donors (Lipinski definition) is 2. The highest BCUT2D eigenvalue weighted by Gasteiger charge is 2.08. The summed E-state index contributed by atoms with van der Waals surface area (Å²) in [5.41, 5.74) is 0.651. The van der Waals surface area contributed by atoms with E-state index in [1.807, 2.05) is 24.3 Å². The van der Waals surface area contributed by atoms with Crippen molar-refractivity contribution in [2.24, 2.45) is 0 Å². The van der Waals surface area contributed by atoms with Gasteiger partial charge in [-0.1, -0.05) is 25.5 Å². The highest BCUT2D eigenvalue weighted by molar-refractivity contribution is 7.13. The van der Waals surface area contributed by atoms with Crippen LogP contribution in [-0.4, -0.2) is 17.6 Å². The lowest BCUT2D eigenvalue weighted by Gasteiger charge is -2.12. The maximum atomic E-state index is 11.9. The number of urea groups is 1. The van der Waals surface area contributed by atoms with Gasteiger partial charge < -0.3 is 10.1 Å². The molecule has 0 fully saturated rings. The number of carbonyl (C=O) groups is 1. The molecular weight excluding hydrogens is 274 g/mol. The topological polar surface area (TPSA) is 63.2 Å². The van der Waals surface area contributed by atoms with Crippen LogP contribution in [0, 0.1) is 0 Å². The zero-order valence-corrected chi connectivity index (χ0v) is 12.1. The number of para-hydroxylation sites is 2. The Morgan fingerprint density at radius 3 is 2.95 bits per heavy atom. The van der Waals surface area contributed by atoms with E-state index in [1.54, 1.807) is 11.6 Å². The summed E-state index contributed by atoms with van der Waals surface area (Å²) in [5, 5.41) is 7.80. The lowest BCUT2D eigenvalue weighted by molar-refractivity contribution is 0.261. The Labute approximate surface area is 122 Å². The monoisotopic (exact) mass is 291 g/mol. The molecule has 0 unspecified atom stereocenters. The van der Waals surface area contributed by atoms with Gasteiger partial charge in [-0.15, -0.1) is 11.3 Å². The first-order chi connectivity index (χ1) is 9.79. The van der Waals surface area contributed by atoms with E-state index in [0.717, 1.165) is 12.8 Å². The van der Waals surface area contributed by atoms with Crippen LogP contribution in [-0.2, 0) is 0 Å². The van der Waals surface area contributed by atoms with Crippen molar-refractivity contribution >= 4 is 28.2 Å². The Kier molecular flexibility index (Phi) is 5.37. The van der Waals surface area contributed by atoms with Gasteiger partial charge in [0, 0.05) is 11.6 Å². The number of ether oxygens (including phenoxy) is 1. The van der Waals surface area contributed by atoms with E-state index < -0.39 is 0 Å². The van der Waals surface area contributed by atoms with Crippen LogP contribution in [0.2, 0.25) is 0 Å². The first kappa shape index (κ1) is 14.3. The normalized spacial score (nSPS) is 10.1. The van der Waals surface area contributed by atoms with Crippen LogP contribution < -0.4 is 15.4 Å². The van der Waals surface area contributed by atoms with Crippen molar-refractivity contribution in [3.63, 3.8) is 0 Å². The van der Waals surface area contributed by atoms with Gasteiger partial charge in [0.1, 0.15) is 5.75 Å². The summed E-state index contributed by atoms with van der Waals surface area (Å²) in [6.07, 6.45) is 3.70. The molecule has 0 bridgehead atoms. The fourth-order valence-electron chi connectivity index (χ4n) is 1.56. The number of rotatable bonds is 6. The molecule has 0 aliphatic rings. The van der Waals surface area contributed by atoms with Gasteiger partial charge in [0.2, 0.25) is 0 Å². The number of nitrogens with one attached hydrogen (secondary N) is 2. The van der Waals surface area contributed by atoms with Crippen molar-refractivity contribution in [3.05, 3.63) is 35.8 Å². The molecule has 2 aromatic rings. The summed E-state index contributed by atoms with van der Waals surface area (Å²) in [6, 6.07) is 7.06. The van der Waals surface area contributed by atoms with Crippen LogP contribution in [0.15, 0.2) is 35.8 Å². The van der Waals surface area contributed by atoms with Crippen molar-refractivity contribution in [1.82, 2.24) is 4.98 Å². The summed E-state index contributed by atoms with van der Waals surface area (Å²) in [4.78, 5) is 15.8. The average Bonchev–Trinajstić information content (AvgIpc) is 2.93. The second-order valence-electron chi connectivity index (χ2n) is 4.11. The van der Waals surface area contributed by atoms with Gasteiger partial charge in [-0.3, -0.25) is 5.32 Å². The second-order valence-corrected chi connectivity index (χ2v) is 5.01.